The van der Waals surface area contributed by atoms with Gasteiger partial charge < -0.3 is 9.64 Å². The van der Waals surface area contributed by atoms with Crippen molar-refractivity contribution in [3.8, 4) is 0 Å². The van der Waals surface area contributed by atoms with Crippen LogP contribution in [0, 0.1) is 11.8 Å². The maximum absolute atomic E-state index is 13.0. The molecule has 142 valence electrons. The van der Waals surface area contributed by atoms with Crippen LogP contribution in [0.5, 0.6) is 0 Å². The summed E-state index contributed by atoms with van der Waals surface area (Å²) < 4.78 is 34.6. The Balaban J connectivity index is 1.58. The van der Waals surface area contributed by atoms with Crippen molar-refractivity contribution in [3.63, 3.8) is 0 Å². The highest BCUT2D eigenvalue weighted by Crippen LogP contribution is 2.45. The lowest BCUT2D eigenvalue weighted by atomic mass is 9.66. The van der Waals surface area contributed by atoms with Crippen LogP contribution in [-0.4, -0.2) is 39.6 Å². The molecule has 1 aromatic rings. The van der Waals surface area contributed by atoms with Crippen LogP contribution in [0.3, 0.4) is 0 Å². The number of aryl methyl sites for hydroxylation is 1. The Hall–Kier alpha value is -1.44. The Morgan fingerprint density at radius 1 is 1.38 bits per heavy atom. The molecule has 1 N–H and O–H groups in total. The number of sulfonamides is 1. The average molecular weight is 378 g/mol. The van der Waals surface area contributed by atoms with E-state index in [1.165, 1.54) is 0 Å². The van der Waals surface area contributed by atoms with Crippen LogP contribution in [0.2, 0.25) is 0 Å². The lowest BCUT2D eigenvalue weighted by Gasteiger charge is -2.47. The van der Waals surface area contributed by atoms with E-state index in [2.05, 4.69) is 11.6 Å². The van der Waals surface area contributed by atoms with Gasteiger partial charge in [0.25, 0.3) is 0 Å². The summed E-state index contributed by atoms with van der Waals surface area (Å²) in [6, 6.07) is 5.08. The van der Waals surface area contributed by atoms with Crippen molar-refractivity contribution < 1.29 is 17.9 Å². The molecule has 2 fully saturated rings. The summed E-state index contributed by atoms with van der Waals surface area (Å²) in [5.74, 6) is 0.538. The van der Waals surface area contributed by atoms with Gasteiger partial charge in [0.2, 0.25) is 15.9 Å². The molecule has 4 atom stereocenters. The number of fused-ring (bicyclic) bond motifs is 2. The minimum atomic E-state index is -3.58. The van der Waals surface area contributed by atoms with E-state index in [0.29, 0.717) is 17.4 Å². The van der Waals surface area contributed by atoms with Crippen LogP contribution >= 0.6 is 0 Å². The number of carbonyl (C=O) groups excluding carboxylic acids is 1. The number of ether oxygens (including phenoxy) is 1. The van der Waals surface area contributed by atoms with Crippen molar-refractivity contribution in [2.24, 2.45) is 11.8 Å². The normalized spacial score (nSPS) is 30.5. The fraction of sp³-hybridized carbons (Fsp3) is 0.632. The topological polar surface area (TPSA) is 75.7 Å². The van der Waals surface area contributed by atoms with Crippen molar-refractivity contribution in [3.05, 3.63) is 23.8 Å². The molecule has 26 heavy (non-hydrogen) atoms. The quantitative estimate of drug-likeness (QED) is 0.870. The fourth-order valence-electron chi connectivity index (χ4n) is 4.81. The minimum Gasteiger partial charge on any atom is -0.378 e. The van der Waals surface area contributed by atoms with E-state index in [9.17, 15) is 13.2 Å². The molecule has 0 spiro atoms. The van der Waals surface area contributed by atoms with E-state index in [1.807, 2.05) is 0 Å². The first kappa shape index (κ1) is 17.9. The maximum atomic E-state index is 13.0. The van der Waals surface area contributed by atoms with E-state index in [1.54, 1.807) is 30.0 Å². The van der Waals surface area contributed by atoms with Gasteiger partial charge in [-0.3, -0.25) is 4.79 Å². The number of hydrogen-bond acceptors (Lipinski definition) is 4. The molecule has 4 rings (SSSR count). The van der Waals surface area contributed by atoms with Crippen LogP contribution in [0.15, 0.2) is 23.1 Å². The number of amides is 1. The molecule has 1 saturated carbocycles. The fourth-order valence-corrected chi connectivity index (χ4v) is 6.19. The minimum absolute atomic E-state index is 0.00721. The summed E-state index contributed by atoms with van der Waals surface area (Å²) in [5, 5.41) is 0. The summed E-state index contributed by atoms with van der Waals surface area (Å²) in [5.41, 5.74) is 1.76. The SMILES string of the molecule is CC[C@H]1[C@@H](NS(=O)(=O)c2ccc3c(c2)CCCN3C(C)=O)[C@H]2CCO[C@H]21. The van der Waals surface area contributed by atoms with Gasteiger partial charge in [-0.2, -0.15) is 0 Å². The molecule has 0 unspecified atom stereocenters. The van der Waals surface area contributed by atoms with Gasteiger partial charge in [0.1, 0.15) is 0 Å². The number of benzene rings is 1. The number of carbonyl (C=O) groups is 1. The Kier molecular flexibility index (Phi) is 4.57. The number of nitrogens with one attached hydrogen (secondary N) is 1. The highest BCUT2D eigenvalue weighted by molar-refractivity contribution is 7.89. The van der Waals surface area contributed by atoms with E-state index < -0.39 is 10.0 Å². The second kappa shape index (κ2) is 6.62. The van der Waals surface area contributed by atoms with Crippen LogP contribution in [-0.2, 0) is 26.0 Å². The predicted octanol–water partition coefficient (Wildman–Crippen LogP) is 2.08. The number of anilines is 1. The third-order valence-corrected chi connectivity index (χ3v) is 7.61. The Morgan fingerprint density at radius 3 is 2.92 bits per heavy atom. The van der Waals surface area contributed by atoms with Crippen LogP contribution < -0.4 is 9.62 Å². The van der Waals surface area contributed by atoms with Crippen molar-refractivity contribution in [1.29, 1.82) is 0 Å². The first-order chi connectivity index (χ1) is 12.4. The molecule has 1 saturated heterocycles. The molecule has 1 amide bonds. The highest BCUT2D eigenvalue weighted by atomic mass is 32.2. The molecular formula is C19H26N2O4S. The zero-order chi connectivity index (χ0) is 18.5. The molecule has 0 aromatic heterocycles. The first-order valence-corrected chi connectivity index (χ1v) is 11.0. The molecule has 7 heteroatoms. The summed E-state index contributed by atoms with van der Waals surface area (Å²) in [6.45, 7) is 5.04. The van der Waals surface area contributed by atoms with Crippen molar-refractivity contribution >= 4 is 21.6 Å². The highest BCUT2D eigenvalue weighted by Gasteiger charge is 2.54. The molecular weight excluding hydrogens is 352 g/mol. The maximum Gasteiger partial charge on any atom is 0.240 e. The van der Waals surface area contributed by atoms with E-state index in [0.717, 1.165) is 43.5 Å². The molecule has 1 aromatic carbocycles. The molecule has 2 aliphatic heterocycles. The van der Waals surface area contributed by atoms with Crippen molar-refractivity contribution in [2.75, 3.05) is 18.1 Å². The number of rotatable bonds is 4. The summed E-state index contributed by atoms with van der Waals surface area (Å²) in [6.07, 6.45) is 3.69. The second-order valence-electron chi connectivity index (χ2n) is 7.57. The van der Waals surface area contributed by atoms with Gasteiger partial charge in [-0.1, -0.05) is 6.92 Å². The standard InChI is InChI=1S/C19H26N2O4S/c1-3-15-18(16-8-10-25-19(15)16)20-26(23,24)14-6-7-17-13(11-14)5-4-9-21(17)12(2)22/h6-7,11,15-16,18-20H,3-5,8-10H2,1-2H3/t15-,16+,18+,19-/m0/s1. The number of hydrogen-bond donors (Lipinski definition) is 1. The number of nitrogens with zero attached hydrogens (tertiary/aromatic N) is 1. The Bertz CT molecular complexity index is 823. The smallest absolute Gasteiger partial charge is 0.240 e. The summed E-state index contributed by atoms with van der Waals surface area (Å²) in [7, 11) is -3.58. The van der Waals surface area contributed by atoms with Crippen molar-refractivity contribution in [2.45, 2.75) is 56.6 Å². The zero-order valence-corrected chi connectivity index (χ0v) is 16.1. The predicted molar refractivity (Wildman–Crippen MR) is 98.5 cm³/mol. The van der Waals surface area contributed by atoms with Gasteiger partial charge in [0.05, 0.1) is 11.0 Å². The van der Waals surface area contributed by atoms with Crippen LogP contribution in [0.25, 0.3) is 0 Å². The summed E-state index contributed by atoms with van der Waals surface area (Å²) >= 11 is 0. The van der Waals surface area contributed by atoms with Gasteiger partial charge in [-0.15, -0.1) is 0 Å². The van der Waals surface area contributed by atoms with Gasteiger partial charge in [-0.05, 0) is 49.4 Å². The monoisotopic (exact) mass is 378 g/mol. The van der Waals surface area contributed by atoms with Crippen molar-refractivity contribution in [1.82, 2.24) is 4.72 Å². The summed E-state index contributed by atoms with van der Waals surface area (Å²) in [4.78, 5) is 13.8. The van der Waals surface area contributed by atoms with Gasteiger partial charge in [0, 0.05) is 43.6 Å². The largest absolute Gasteiger partial charge is 0.378 e. The van der Waals surface area contributed by atoms with E-state index >= 15 is 0 Å². The molecule has 1 aliphatic carbocycles. The van der Waals surface area contributed by atoms with E-state index in [4.69, 9.17) is 4.74 Å². The molecule has 2 heterocycles. The Labute approximate surface area is 155 Å². The van der Waals surface area contributed by atoms with Gasteiger partial charge >= 0.3 is 0 Å². The van der Waals surface area contributed by atoms with Gasteiger partial charge in [-0.25, -0.2) is 13.1 Å². The lowest BCUT2D eigenvalue weighted by Crippen LogP contribution is -2.61. The molecule has 0 radical (unpaired) electrons. The Morgan fingerprint density at radius 2 is 2.19 bits per heavy atom. The third-order valence-electron chi connectivity index (χ3n) is 6.15. The van der Waals surface area contributed by atoms with Crippen LogP contribution in [0.4, 0.5) is 5.69 Å². The molecule has 3 aliphatic rings. The van der Waals surface area contributed by atoms with E-state index in [-0.39, 0.29) is 24.0 Å². The first-order valence-electron chi connectivity index (χ1n) is 9.47. The third kappa shape index (κ3) is 2.86. The lowest BCUT2D eigenvalue weighted by molar-refractivity contribution is -0.116. The molecule has 6 nitrogen and oxygen atoms in total. The van der Waals surface area contributed by atoms with Gasteiger partial charge in [0.15, 0.2) is 0 Å². The zero-order valence-electron chi connectivity index (χ0n) is 15.3. The molecule has 0 bridgehead atoms. The average Bonchev–Trinajstić information content (AvgIpc) is 3.03. The van der Waals surface area contributed by atoms with Crippen LogP contribution in [0.1, 0.15) is 38.7 Å². The second-order valence-corrected chi connectivity index (χ2v) is 9.29.